The molecule has 0 bridgehead atoms. The Morgan fingerprint density at radius 3 is 2.76 bits per heavy atom. The van der Waals surface area contributed by atoms with Crippen LogP contribution in [0.25, 0.3) is 0 Å². The Morgan fingerprint density at radius 2 is 2.24 bits per heavy atom. The Labute approximate surface area is 101 Å². The van der Waals surface area contributed by atoms with Gasteiger partial charge in [0.2, 0.25) is 0 Å². The van der Waals surface area contributed by atoms with E-state index in [4.69, 9.17) is 11.1 Å². The number of pyridine rings is 1. The molecule has 0 radical (unpaired) electrons. The standard InChI is InChI=1S/C10H16N4O2S/c1-14(5-6-17(2,15)16)9-7-13-4-3-8(9)10(11)12/h3-4,7H,5-6H2,1-2H3,(H3,11,12). The Kier molecular flexibility index (Phi) is 4.06. The molecule has 0 amide bonds. The maximum Gasteiger partial charge on any atom is 0.149 e. The summed E-state index contributed by atoms with van der Waals surface area (Å²) in [6.07, 6.45) is 4.31. The number of anilines is 1. The van der Waals surface area contributed by atoms with Crippen LogP contribution in [0, 0.1) is 5.41 Å². The Hall–Kier alpha value is -1.63. The van der Waals surface area contributed by atoms with E-state index in [-0.39, 0.29) is 11.6 Å². The predicted octanol–water partition coefficient (Wildman–Crippen LogP) is -0.154. The predicted molar refractivity (Wildman–Crippen MR) is 68.2 cm³/mol. The van der Waals surface area contributed by atoms with Crippen molar-refractivity contribution in [1.29, 1.82) is 5.41 Å². The van der Waals surface area contributed by atoms with Crippen molar-refractivity contribution in [2.24, 2.45) is 5.73 Å². The summed E-state index contributed by atoms with van der Waals surface area (Å²) in [4.78, 5) is 5.68. The molecule has 1 rings (SSSR count). The molecule has 0 fully saturated rings. The van der Waals surface area contributed by atoms with Crippen LogP contribution in [0.5, 0.6) is 0 Å². The number of nitrogens with one attached hydrogen (secondary N) is 1. The summed E-state index contributed by atoms with van der Waals surface area (Å²) in [6.45, 7) is 0.338. The summed E-state index contributed by atoms with van der Waals surface area (Å²) in [7, 11) is -1.26. The van der Waals surface area contributed by atoms with E-state index in [9.17, 15) is 8.42 Å². The second-order valence-corrected chi connectivity index (χ2v) is 6.12. The van der Waals surface area contributed by atoms with Crippen molar-refractivity contribution in [3.63, 3.8) is 0 Å². The third-order valence-corrected chi connectivity index (χ3v) is 3.22. The van der Waals surface area contributed by atoms with Gasteiger partial charge in [0.15, 0.2) is 0 Å². The lowest BCUT2D eigenvalue weighted by molar-refractivity contribution is 0.601. The van der Waals surface area contributed by atoms with Gasteiger partial charge in [-0.1, -0.05) is 0 Å². The summed E-state index contributed by atoms with van der Waals surface area (Å²) >= 11 is 0. The number of amidine groups is 1. The molecular formula is C10H16N4O2S. The zero-order valence-corrected chi connectivity index (χ0v) is 10.7. The lowest BCUT2D eigenvalue weighted by Gasteiger charge is -2.20. The van der Waals surface area contributed by atoms with Crippen molar-refractivity contribution in [2.75, 3.05) is 30.5 Å². The maximum atomic E-state index is 11.1. The van der Waals surface area contributed by atoms with E-state index >= 15 is 0 Å². The van der Waals surface area contributed by atoms with E-state index in [2.05, 4.69) is 4.98 Å². The van der Waals surface area contributed by atoms with E-state index in [0.29, 0.717) is 17.8 Å². The van der Waals surface area contributed by atoms with Gasteiger partial charge in [-0.2, -0.15) is 0 Å². The first-order valence-electron chi connectivity index (χ1n) is 4.98. The van der Waals surface area contributed by atoms with Crippen LogP contribution in [-0.4, -0.2) is 44.8 Å². The van der Waals surface area contributed by atoms with Gasteiger partial charge in [-0.15, -0.1) is 0 Å². The van der Waals surface area contributed by atoms with Crippen molar-refractivity contribution in [3.05, 3.63) is 24.0 Å². The van der Waals surface area contributed by atoms with Gasteiger partial charge in [0, 0.05) is 31.6 Å². The van der Waals surface area contributed by atoms with E-state index in [1.807, 2.05) is 0 Å². The molecule has 6 nitrogen and oxygen atoms in total. The van der Waals surface area contributed by atoms with Crippen LogP contribution in [0.2, 0.25) is 0 Å². The van der Waals surface area contributed by atoms with Crippen molar-refractivity contribution in [3.8, 4) is 0 Å². The van der Waals surface area contributed by atoms with Gasteiger partial charge < -0.3 is 10.6 Å². The molecule has 0 spiro atoms. The van der Waals surface area contributed by atoms with Crippen LogP contribution in [-0.2, 0) is 9.84 Å². The molecule has 3 N–H and O–H groups in total. The summed E-state index contributed by atoms with van der Waals surface area (Å²) in [6, 6.07) is 1.63. The molecule has 1 aromatic rings. The first-order valence-corrected chi connectivity index (χ1v) is 7.04. The van der Waals surface area contributed by atoms with E-state index in [0.717, 1.165) is 0 Å². The SMILES string of the molecule is CN(CCS(C)(=O)=O)c1cnccc1C(=N)N. The van der Waals surface area contributed by atoms with E-state index in [1.54, 1.807) is 30.4 Å². The minimum atomic E-state index is -3.01. The molecule has 1 aromatic heterocycles. The summed E-state index contributed by atoms with van der Waals surface area (Å²) in [5.41, 5.74) is 6.65. The molecule has 7 heteroatoms. The second kappa shape index (κ2) is 5.13. The van der Waals surface area contributed by atoms with Gasteiger partial charge in [0.1, 0.15) is 15.7 Å². The van der Waals surface area contributed by atoms with Crippen molar-refractivity contribution in [2.45, 2.75) is 0 Å². The average Bonchev–Trinajstić information content (AvgIpc) is 2.25. The number of rotatable bonds is 5. The number of nitrogens with two attached hydrogens (primary N) is 1. The molecule has 0 atom stereocenters. The minimum Gasteiger partial charge on any atom is -0.384 e. The zero-order chi connectivity index (χ0) is 13.1. The monoisotopic (exact) mass is 256 g/mol. The molecule has 0 aliphatic heterocycles. The Morgan fingerprint density at radius 1 is 1.59 bits per heavy atom. The summed E-state index contributed by atoms with van der Waals surface area (Å²) < 4.78 is 22.2. The lowest BCUT2D eigenvalue weighted by atomic mass is 10.2. The molecule has 17 heavy (non-hydrogen) atoms. The van der Waals surface area contributed by atoms with Crippen LogP contribution in [0.15, 0.2) is 18.5 Å². The third kappa shape index (κ3) is 4.03. The van der Waals surface area contributed by atoms with Crippen molar-refractivity contribution < 1.29 is 8.42 Å². The van der Waals surface area contributed by atoms with Crippen LogP contribution in [0.3, 0.4) is 0 Å². The highest BCUT2D eigenvalue weighted by atomic mass is 32.2. The van der Waals surface area contributed by atoms with E-state index in [1.165, 1.54) is 6.26 Å². The van der Waals surface area contributed by atoms with Crippen molar-refractivity contribution >= 4 is 21.4 Å². The number of nitrogen functional groups attached to an aromatic ring is 1. The molecule has 0 saturated heterocycles. The van der Waals surface area contributed by atoms with Crippen LogP contribution >= 0.6 is 0 Å². The smallest absolute Gasteiger partial charge is 0.149 e. The fourth-order valence-electron chi connectivity index (χ4n) is 1.34. The zero-order valence-electron chi connectivity index (χ0n) is 9.84. The van der Waals surface area contributed by atoms with Crippen molar-refractivity contribution in [1.82, 2.24) is 4.98 Å². The summed E-state index contributed by atoms with van der Waals surface area (Å²) in [5.74, 6) is -0.0101. The second-order valence-electron chi connectivity index (χ2n) is 3.86. The van der Waals surface area contributed by atoms with E-state index < -0.39 is 9.84 Å². The molecule has 0 aliphatic carbocycles. The first-order chi connectivity index (χ1) is 7.81. The molecular weight excluding hydrogens is 240 g/mol. The van der Waals surface area contributed by atoms with Crippen LogP contribution < -0.4 is 10.6 Å². The molecule has 0 aromatic carbocycles. The fourth-order valence-corrected chi connectivity index (χ4v) is 1.95. The highest BCUT2D eigenvalue weighted by Crippen LogP contribution is 2.16. The third-order valence-electron chi connectivity index (χ3n) is 2.30. The largest absolute Gasteiger partial charge is 0.384 e. The van der Waals surface area contributed by atoms with Crippen LogP contribution in [0.1, 0.15) is 5.56 Å². The number of aromatic nitrogens is 1. The normalized spacial score (nSPS) is 11.2. The lowest BCUT2D eigenvalue weighted by Crippen LogP contribution is -2.27. The number of nitrogens with zero attached hydrogens (tertiary/aromatic N) is 2. The highest BCUT2D eigenvalue weighted by molar-refractivity contribution is 7.90. The number of hydrogen-bond acceptors (Lipinski definition) is 5. The van der Waals surface area contributed by atoms with Gasteiger partial charge in [0.05, 0.1) is 17.6 Å². The Bertz CT molecular complexity index is 513. The summed E-state index contributed by atoms with van der Waals surface area (Å²) in [5, 5.41) is 7.43. The maximum absolute atomic E-state index is 11.1. The average molecular weight is 256 g/mol. The molecule has 94 valence electrons. The van der Waals surface area contributed by atoms with Gasteiger partial charge in [-0.05, 0) is 6.07 Å². The van der Waals surface area contributed by atoms with Crippen LogP contribution in [0.4, 0.5) is 5.69 Å². The first kappa shape index (κ1) is 13.4. The fraction of sp³-hybridized carbons (Fsp3) is 0.400. The quantitative estimate of drug-likeness (QED) is 0.563. The molecule has 0 unspecified atom stereocenters. The number of hydrogen-bond donors (Lipinski definition) is 2. The number of sulfone groups is 1. The Balaban J connectivity index is 2.89. The topological polar surface area (TPSA) is 100 Å². The van der Waals surface area contributed by atoms with Gasteiger partial charge in [0.25, 0.3) is 0 Å². The van der Waals surface area contributed by atoms with Gasteiger partial charge in [-0.25, -0.2) is 8.42 Å². The van der Waals surface area contributed by atoms with Gasteiger partial charge >= 0.3 is 0 Å². The van der Waals surface area contributed by atoms with Gasteiger partial charge in [-0.3, -0.25) is 10.4 Å². The molecule has 0 saturated carbocycles. The molecule has 0 aliphatic rings. The highest BCUT2D eigenvalue weighted by Gasteiger charge is 2.11. The molecule has 1 heterocycles. The minimum absolute atomic E-state index is 0.0513.